The van der Waals surface area contributed by atoms with E-state index in [2.05, 4.69) is 10.3 Å². The number of ketones is 1. The van der Waals surface area contributed by atoms with Gasteiger partial charge in [-0.3, -0.25) is 14.9 Å². The Labute approximate surface area is 203 Å². The van der Waals surface area contributed by atoms with Gasteiger partial charge in [0.2, 0.25) is 0 Å². The number of thioether (sulfide) groups is 1. The first-order chi connectivity index (χ1) is 15.7. The van der Waals surface area contributed by atoms with Crippen LogP contribution in [0.1, 0.15) is 45.7 Å². The zero-order valence-electron chi connectivity index (χ0n) is 17.8. The molecule has 0 atom stereocenters. The van der Waals surface area contributed by atoms with Gasteiger partial charge in [-0.2, -0.15) is 0 Å². The number of nitrogens with one attached hydrogen (secondary N) is 1. The van der Waals surface area contributed by atoms with Gasteiger partial charge in [-0.25, -0.2) is 9.78 Å². The number of pyridine rings is 1. The maximum Gasteiger partial charge on any atom is 0.317 e. The molecule has 1 saturated heterocycles. The van der Waals surface area contributed by atoms with Crippen molar-refractivity contribution in [2.75, 3.05) is 18.4 Å². The molecule has 3 N–H and O–H groups in total. The van der Waals surface area contributed by atoms with E-state index in [0.29, 0.717) is 63.7 Å². The number of hydrogen-bond donors (Lipinski definition) is 2. The molecule has 2 aliphatic heterocycles. The largest absolute Gasteiger partial charge is 0.351 e. The summed E-state index contributed by atoms with van der Waals surface area (Å²) >= 11 is 9.04. The molecule has 33 heavy (non-hydrogen) atoms. The fourth-order valence-electron chi connectivity index (χ4n) is 4.50. The van der Waals surface area contributed by atoms with Gasteiger partial charge in [-0.15, -0.1) is 11.8 Å². The third kappa shape index (κ3) is 4.09. The topological polar surface area (TPSA) is 105 Å². The van der Waals surface area contributed by atoms with E-state index in [4.69, 9.17) is 17.3 Å². The lowest BCUT2D eigenvalue weighted by Crippen LogP contribution is -2.47. The highest BCUT2D eigenvalue weighted by Gasteiger charge is 2.43. The Morgan fingerprint density at radius 2 is 1.97 bits per heavy atom. The second-order valence-electron chi connectivity index (χ2n) is 8.42. The number of aromatic nitrogens is 1. The number of nitrogens with zero attached hydrogens (tertiary/aromatic N) is 2. The molecule has 0 radical (unpaired) electrons. The number of carbonyl (C=O) groups excluding carboxylic acids is 3. The van der Waals surface area contributed by atoms with Crippen molar-refractivity contribution in [2.45, 2.75) is 35.8 Å². The molecule has 0 saturated carbocycles. The third-order valence-corrected chi connectivity index (χ3v) is 8.97. The van der Waals surface area contributed by atoms with E-state index in [-0.39, 0.29) is 16.4 Å². The van der Waals surface area contributed by atoms with Crippen LogP contribution in [0.4, 0.5) is 9.80 Å². The lowest BCUT2D eigenvalue weighted by atomic mass is 9.87. The van der Waals surface area contributed by atoms with E-state index in [0.717, 1.165) is 10.6 Å². The maximum absolute atomic E-state index is 13.6. The fourth-order valence-corrected chi connectivity index (χ4v) is 7.27. The van der Waals surface area contributed by atoms with Gasteiger partial charge in [0.25, 0.3) is 5.91 Å². The summed E-state index contributed by atoms with van der Waals surface area (Å²) < 4.78 is -0.224. The Morgan fingerprint density at radius 3 is 2.70 bits per heavy atom. The first-order valence-corrected chi connectivity index (χ1v) is 12.5. The van der Waals surface area contributed by atoms with Gasteiger partial charge in [0.1, 0.15) is 9.83 Å². The van der Waals surface area contributed by atoms with Crippen LogP contribution < -0.4 is 11.1 Å². The highest BCUT2D eigenvalue weighted by atomic mass is 35.5. The van der Waals surface area contributed by atoms with Gasteiger partial charge < -0.3 is 10.6 Å². The molecular weight excluding hydrogens is 480 g/mol. The number of carbonyl (C=O) groups is 3. The van der Waals surface area contributed by atoms with E-state index >= 15 is 0 Å². The van der Waals surface area contributed by atoms with Crippen LogP contribution in [0.3, 0.4) is 0 Å². The normalized spacial score (nSPS) is 17.3. The number of benzene rings is 1. The predicted molar refractivity (Wildman–Crippen MR) is 132 cm³/mol. The van der Waals surface area contributed by atoms with Crippen molar-refractivity contribution in [3.05, 3.63) is 52.2 Å². The van der Waals surface area contributed by atoms with Crippen LogP contribution in [0.25, 0.3) is 10.2 Å². The zero-order valence-corrected chi connectivity index (χ0v) is 20.2. The Balaban J connectivity index is 1.39. The van der Waals surface area contributed by atoms with E-state index in [1.807, 2.05) is 31.2 Å². The van der Waals surface area contributed by atoms with Gasteiger partial charge in [-0.05, 0) is 50.1 Å². The average Bonchev–Trinajstić information content (AvgIpc) is 3.10. The van der Waals surface area contributed by atoms with Gasteiger partial charge >= 0.3 is 6.03 Å². The van der Waals surface area contributed by atoms with Gasteiger partial charge in [0.15, 0.2) is 5.78 Å². The molecule has 170 valence electrons. The first kappa shape index (κ1) is 22.2. The molecule has 1 spiro atoms. The number of fused-ring (bicyclic) bond motifs is 2. The summed E-state index contributed by atoms with van der Waals surface area (Å²) in [7, 11) is 0. The number of Topliss-reactive ketones (excluding diaryl/α,β-unsaturated/α-hetero) is 1. The number of amides is 3. The van der Waals surface area contributed by atoms with E-state index in [9.17, 15) is 14.4 Å². The standard InChI is InChI=1S/C23H21ClN4O3S2/c1-12-2-4-14-18(20(27-22(25)31)32-19(14)26-12)21(30)28-8-6-23(7-9-28)11-16(29)15-10-13(24)3-5-17(15)33-23/h2-5,10H,6-9,11H2,1H3,(H3,25,27,31). The molecule has 2 aromatic heterocycles. The van der Waals surface area contributed by atoms with Crippen LogP contribution in [-0.2, 0) is 0 Å². The van der Waals surface area contributed by atoms with Gasteiger partial charge in [-0.1, -0.05) is 22.9 Å². The summed E-state index contributed by atoms with van der Waals surface area (Å²) in [5.41, 5.74) is 7.28. The molecule has 10 heteroatoms. The number of hydrogen-bond acceptors (Lipinski definition) is 6. The smallest absolute Gasteiger partial charge is 0.317 e. The highest BCUT2D eigenvalue weighted by Crippen LogP contribution is 2.49. The quantitative estimate of drug-likeness (QED) is 0.509. The number of thiophene rings is 1. The lowest BCUT2D eigenvalue weighted by molar-refractivity contribution is 0.0699. The minimum absolute atomic E-state index is 0.101. The Hall–Kier alpha value is -2.62. The number of primary amides is 1. The number of urea groups is 1. The van der Waals surface area contributed by atoms with Crippen LogP contribution in [0.15, 0.2) is 35.2 Å². The number of nitrogens with two attached hydrogens (primary N) is 1. The number of piperidine rings is 1. The molecule has 5 rings (SSSR count). The van der Waals surface area contributed by atoms with Crippen molar-refractivity contribution in [1.82, 2.24) is 9.88 Å². The van der Waals surface area contributed by atoms with Crippen molar-refractivity contribution in [3.8, 4) is 0 Å². The molecule has 2 aliphatic rings. The molecule has 4 heterocycles. The van der Waals surface area contributed by atoms with Crippen molar-refractivity contribution in [3.63, 3.8) is 0 Å². The zero-order chi connectivity index (χ0) is 23.3. The number of halogens is 1. The van der Waals surface area contributed by atoms with Crippen molar-refractivity contribution < 1.29 is 14.4 Å². The summed E-state index contributed by atoms with van der Waals surface area (Å²) in [6, 6.07) is 8.44. The summed E-state index contributed by atoms with van der Waals surface area (Å²) in [6.45, 7) is 2.92. The molecule has 0 bridgehead atoms. The van der Waals surface area contributed by atoms with Crippen molar-refractivity contribution in [2.24, 2.45) is 5.73 Å². The summed E-state index contributed by atoms with van der Waals surface area (Å²) in [5, 5.41) is 4.27. The molecule has 3 aromatic rings. The number of likely N-dealkylation sites (tertiary alicyclic amines) is 1. The molecule has 1 aromatic carbocycles. The van der Waals surface area contributed by atoms with Crippen molar-refractivity contribution >= 4 is 67.6 Å². The molecule has 0 unspecified atom stereocenters. The van der Waals surface area contributed by atoms with E-state index < -0.39 is 6.03 Å². The fraction of sp³-hybridized carbons (Fsp3) is 0.304. The SMILES string of the molecule is Cc1ccc2c(C(=O)N3CCC4(CC3)CC(=O)c3cc(Cl)ccc3S4)c(NC(N)=O)sc2n1. The molecule has 3 amide bonds. The Kier molecular flexibility index (Phi) is 5.58. The summed E-state index contributed by atoms with van der Waals surface area (Å²) in [4.78, 5) is 45.9. The van der Waals surface area contributed by atoms with Crippen LogP contribution in [0, 0.1) is 6.92 Å². The van der Waals surface area contributed by atoms with Gasteiger partial charge in [0, 0.05) is 50.8 Å². The third-order valence-electron chi connectivity index (χ3n) is 6.16. The first-order valence-electron chi connectivity index (χ1n) is 10.5. The van der Waals surface area contributed by atoms with E-state index in [1.54, 1.807) is 22.7 Å². The van der Waals surface area contributed by atoms with Crippen LogP contribution in [0.2, 0.25) is 5.02 Å². The van der Waals surface area contributed by atoms with Crippen LogP contribution >= 0.6 is 34.7 Å². The molecular formula is C23H21ClN4O3S2. The summed E-state index contributed by atoms with van der Waals surface area (Å²) in [6.07, 6.45) is 1.84. The van der Waals surface area contributed by atoms with E-state index in [1.165, 1.54) is 11.3 Å². The molecule has 7 nitrogen and oxygen atoms in total. The van der Waals surface area contributed by atoms with Crippen molar-refractivity contribution in [1.29, 1.82) is 0 Å². The Bertz CT molecular complexity index is 1310. The highest BCUT2D eigenvalue weighted by molar-refractivity contribution is 8.01. The predicted octanol–water partition coefficient (Wildman–Crippen LogP) is 5.10. The van der Waals surface area contributed by atoms with Crippen LogP contribution in [0.5, 0.6) is 0 Å². The minimum atomic E-state index is -0.721. The Morgan fingerprint density at radius 1 is 1.21 bits per heavy atom. The summed E-state index contributed by atoms with van der Waals surface area (Å²) in [5.74, 6) is -0.0611. The lowest BCUT2D eigenvalue weighted by Gasteiger charge is -2.43. The number of aryl methyl sites for hydroxylation is 1. The molecule has 0 aliphatic carbocycles. The monoisotopic (exact) mass is 500 g/mol. The number of rotatable bonds is 2. The maximum atomic E-state index is 13.6. The second-order valence-corrected chi connectivity index (χ2v) is 11.4. The van der Waals surface area contributed by atoms with Crippen LogP contribution in [-0.4, -0.2) is 45.4 Å². The minimum Gasteiger partial charge on any atom is -0.351 e. The van der Waals surface area contributed by atoms with Gasteiger partial charge in [0.05, 0.1) is 5.56 Å². The second kappa shape index (κ2) is 8.30. The molecule has 1 fully saturated rings. The average molecular weight is 501 g/mol. The number of anilines is 1.